The molecule has 2 aliphatic rings. The summed E-state index contributed by atoms with van der Waals surface area (Å²) in [6, 6.07) is 5.08. The van der Waals surface area contributed by atoms with Gasteiger partial charge in [-0.1, -0.05) is 18.2 Å². The number of fused-ring (bicyclic) bond motifs is 1. The molecule has 0 spiro atoms. The molecule has 1 aromatic rings. The van der Waals surface area contributed by atoms with Gasteiger partial charge in [-0.15, -0.1) is 0 Å². The number of amides is 1. The van der Waals surface area contributed by atoms with Crippen LogP contribution in [0.4, 0.5) is 0 Å². The number of ether oxygens (including phenoxy) is 1. The van der Waals surface area contributed by atoms with Crippen molar-refractivity contribution in [3.8, 4) is 0 Å². The maximum absolute atomic E-state index is 12.7. The van der Waals surface area contributed by atoms with Crippen LogP contribution in [0, 0.1) is 5.92 Å². The van der Waals surface area contributed by atoms with Gasteiger partial charge >= 0.3 is 5.97 Å². The number of hydrogen-bond acceptors (Lipinski definition) is 5. The van der Waals surface area contributed by atoms with E-state index < -0.39 is 35.9 Å². The van der Waals surface area contributed by atoms with Crippen molar-refractivity contribution in [2.45, 2.75) is 18.8 Å². The van der Waals surface area contributed by atoms with E-state index in [4.69, 9.17) is 9.84 Å². The molecule has 0 radical (unpaired) electrons. The highest BCUT2D eigenvalue weighted by Crippen LogP contribution is 2.36. The van der Waals surface area contributed by atoms with Crippen LogP contribution in [0.5, 0.6) is 0 Å². The van der Waals surface area contributed by atoms with Crippen molar-refractivity contribution in [2.24, 2.45) is 5.92 Å². The number of nitrogens with one attached hydrogen (secondary N) is 1. The van der Waals surface area contributed by atoms with Crippen molar-refractivity contribution in [1.29, 1.82) is 0 Å². The van der Waals surface area contributed by atoms with Crippen molar-refractivity contribution in [1.82, 2.24) is 5.32 Å². The minimum Gasteiger partial charge on any atom is -0.480 e. The summed E-state index contributed by atoms with van der Waals surface area (Å²) in [6.07, 6.45) is 1.52. The Kier molecular flexibility index (Phi) is 4.44. The highest BCUT2D eigenvalue weighted by Gasteiger charge is 2.45. The number of aliphatic carboxylic acids is 1. The number of ketones is 2. The van der Waals surface area contributed by atoms with E-state index in [1.807, 2.05) is 6.07 Å². The first-order valence-electron chi connectivity index (χ1n) is 7.79. The van der Waals surface area contributed by atoms with Gasteiger partial charge in [0.25, 0.3) is 0 Å². The molecule has 1 amide bonds. The van der Waals surface area contributed by atoms with Gasteiger partial charge in [-0.3, -0.25) is 19.2 Å². The van der Waals surface area contributed by atoms with E-state index in [1.54, 1.807) is 12.1 Å². The third kappa shape index (κ3) is 2.82. The molecule has 1 saturated heterocycles. The summed E-state index contributed by atoms with van der Waals surface area (Å²) in [4.78, 5) is 47.8. The molecule has 1 aliphatic carbocycles. The van der Waals surface area contributed by atoms with Crippen LogP contribution >= 0.6 is 0 Å². The highest BCUT2D eigenvalue weighted by atomic mass is 16.5. The van der Waals surface area contributed by atoms with Gasteiger partial charge in [-0.2, -0.15) is 0 Å². The van der Waals surface area contributed by atoms with Crippen molar-refractivity contribution in [3.05, 3.63) is 34.9 Å². The molecule has 24 heavy (non-hydrogen) atoms. The van der Waals surface area contributed by atoms with E-state index in [1.165, 1.54) is 0 Å². The van der Waals surface area contributed by atoms with Crippen molar-refractivity contribution in [2.75, 3.05) is 19.8 Å². The molecule has 2 N–H and O–H groups in total. The number of Topliss-reactive ketones (excluding diaryl/α,β-unsaturated/α-hetero) is 2. The Bertz CT molecular complexity index is 720. The average molecular weight is 331 g/mol. The standard InChI is InChI=1S/C17H17NO6/c19-12(20)8-18-17(23)14-15(21)11-3-1-2-10(13(11)16(14)22)9-4-6-24-7-5-9/h1-3,9,14H,4-8H2,(H,18,23)(H,19,20). The largest absolute Gasteiger partial charge is 0.480 e. The van der Waals surface area contributed by atoms with Crippen LogP contribution in [0.2, 0.25) is 0 Å². The minimum absolute atomic E-state index is 0.117. The van der Waals surface area contributed by atoms with Gasteiger partial charge in [-0.05, 0) is 24.3 Å². The lowest BCUT2D eigenvalue weighted by Crippen LogP contribution is -2.39. The minimum atomic E-state index is -1.49. The number of carbonyl (C=O) groups is 4. The predicted octanol–water partition coefficient (Wildman–Crippen LogP) is 0.777. The molecule has 1 aliphatic heterocycles. The molecular weight excluding hydrogens is 314 g/mol. The SMILES string of the molecule is O=C(O)CNC(=O)C1C(=O)c2cccc(C3CCOCC3)c2C1=O. The fourth-order valence-corrected chi connectivity index (χ4v) is 3.32. The first kappa shape index (κ1) is 16.3. The number of benzene rings is 1. The molecule has 1 unspecified atom stereocenters. The molecule has 1 atom stereocenters. The number of carbonyl (C=O) groups excluding carboxylic acids is 3. The summed E-state index contributed by atoms with van der Waals surface area (Å²) in [6.45, 7) is 0.567. The van der Waals surface area contributed by atoms with Gasteiger partial charge in [0.05, 0.1) is 0 Å². The summed E-state index contributed by atoms with van der Waals surface area (Å²) in [5.74, 6) is -4.57. The van der Waals surface area contributed by atoms with Crippen LogP contribution < -0.4 is 5.32 Å². The Morgan fingerprint density at radius 3 is 2.54 bits per heavy atom. The van der Waals surface area contributed by atoms with E-state index in [-0.39, 0.29) is 11.5 Å². The van der Waals surface area contributed by atoms with Crippen LogP contribution in [0.25, 0.3) is 0 Å². The van der Waals surface area contributed by atoms with Crippen molar-refractivity contribution < 1.29 is 29.0 Å². The summed E-state index contributed by atoms with van der Waals surface area (Å²) < 4.78 is 5.33. The van der Waals surface area contributed by atoms with Gasteiger partial charge < -0.3 is 15.2 Å². The summed E-state index contributed by atoms with van der Waals surface area (Å²) in [5.41, 5.74) is 1.34. The molecule has 0 saturated carbocycles. The monoisotopic (exact) mass is 331 g/mol. The lowest BCUT2D eigenvalue weighted by Gasteiger charge is -2.24. The maximum atomic E-state index is 12.7. The normalized spacial score (nSPS) is 20.8. The molecule has 0 bridgehead atoms. The van der Waals surface area contributed by atoms with E-state index in [0.29, 0.717) is 18.8 Å². The van der Waals surface area contributed by atoms with Crippen LogP contribution in [-0.2, 0) is 14.3 Å². The second-order valence-corrected chi connectivity index (χ2v) is 5.93. The van der Waals surface area contributed by atoms with E-state index in [9.17, 15) is 19.2 Å². The first-order chi connectivity index (χ1) is 11.5. The molecule has 1 heterocycles. The van der Waals surface area contributed by atoms with Crippen LogP contribution in [0.1, 0.15) is 45.0 Å². The fraction of sp³-hybridized carbons (Fsp3) is 0.412. The molecule has 7 heteroatoms. The highest BCUT2D eigenvalue weighted by molar-refractivity contribution is 6.35. The smallest absolute Gasteiger partial charge is 0.322 e. The number of hydrogen-bond donors (Lipinski definition) is 2. The van der Waals surface area contributed by atoms with E-state index in [0.717, 1.165) is 18.4 Å². The molecule has 3 rings (SSSR count). The first-order valence-corrected chi connectivity index (χ1v) is 7.79. The van der Waals surface area contributed by atoms with Crippen LogP contribution in [-0.4, -0.2) is 48.3 Å². The van der Waals surface area contributed by atoms with Gasteiger partial charge in [0.15, 0.2) is 17.5 Å². The topological polar surface area (TPSA) is 110 Å². The quantitative estimate of drug-likeness (QED) is 0.789. The lowest BCUT2D eigenvalue weighted by molar-refractivity contribution is -0.138. The Hall–Kier alpha value is -2.54. The molecule has 1 fully saturated rings. The Balaban J connectivity index is 1.91. The number of carboxylic acids is 1. The Morgan fingerprint density at radius 2 is 1.88 bits per heavy atom. The predicted molar refractivity (Wildman–Crippen MR) is 82.0 cm³/mol. The Morgan fingerprint density at radius 1 is 1.17 bits per heavy atom. The molecule has 0 aromatic heterocycles. The van der Waals surface area contributed by atoms with E-state index >= 15 is 0 Å². The van der Waals surface area contributed by atoms with Crippen molar-refractivity contribution >= 4 is 23.4 Å². The van der Waals surface area contributed by atoms with Crippen molar-refractivity contribution in [3.63, 3.8) is 0 Å². The lowest BCUT2D eigenvalue weighted by atomic mass is 9.86. The van der Waals surface area contributed by atoms with Gasteiger partial charge in [0, 0.05) is 24.3 Å². The average Bonchev–Trinajstić information content (AvgIpc) is 2.85. The fourth-order valence-electron chi connectivity index (χ4n) is 3.32. The second kappa shape index (κ2) is 6.52. The summed E-state index contributed by atoms with van der Waals surface area (Å²) in [5, 5.41) is 10.7. The summed E-state index contributed by atoms with van der Waals surface area (Å²) >= 11 is 0. The zero-order valence-electron chi connectivity index (χ0n) is 12.9. The molecule has 7 nitrogen and oxygen atoms in total. The second-order valence-electron chi connectivity index (χ2n) is 5.93. The van der Waals surface area contributed by atoms with Gasteiger partial charge in [0.2, 0.25) is 5.91 Å². The molecular formula is C17H17NO6. The maximum Gasteiger partial charge on any atom is 0.322 e. The van der Waals surface area contributed by atoms with Crippen LogP contribution in [0.3, 0.4) is 0 Å². The number of rotatable bonds is 4. The molecule has 1 aromatic carbocycles. The van der Waals surface area contributed by atoms with Gasteiger partial charge in [-0.25, -0.2) is 0 Å². The zero-order chi connectivity index (χ0) is 17.3. The van der Waals surface area contributed by atoms with Gasteiger partial charge in [0.1, 0.15) is 6.54 Å². The third-order valence-corrected chi connectivity index (χ3v) is 4.47. The van der Waals surface area contributed by atoms with Crippen LogP contribution in [0.15, 0.2) is 18.2 Å². The van der Waals surface area contributed by atoms with E-state index in [2.05, 4.69) is 5.32 Å². The number of carboxylic acid groups (broad SMARTS) is 1. The summed E-state index contributed by atoms with van der Waals surface area (Å²) in [7, 11) is 0. The Labute approximate surface area is 138 Å². The molecule has 126 valence electrons. The third-order valence-electron chi connectivity index (χ3n) is 4.47. The zero-order valence-corrected chi connectivity index (χ0v) is 12.9.